The van der Waals surface area contributed by atoms with Crippen molar-refractivity contribution in [3.05, 3.63) is 64.4 Å². The first kappa shape index (κ1) is 14.6. The molecule has 1 aliphatic rings. The highest BCUT2D eigenvalue weighted by molar-refractivity contribution is 9.10. The first-order valence-corrected chi connectivity index (χ1v) is 8.30. The van der Waals surface area contributed by atoms with Gasteiger partial charge in [-0.25, -0.2) is 4.39 Å². The van der Waals surface area contributed by atoms with Crippen LogP contribution in [0.3, 0.4) is 0 Å². The first-order valence-electron chi connectivity index (χ1n) is 7.50. The van der Waals surface area contributed by atoms with Crippen molar-refractivity contribution in [1.82, 2.24) is 0 Å². The van der Waals surface area contributed by atoms with Crippen LogP contribution in [0.25, 0.3) is 0 Å². The Kier molecular flexibility index (Phi) is 4.59. The van der Waals surface area contributed by atoms with Crippen LogP contribution in [0.5, 0.6) is 0 Å². The van der Waals surface area contributed by atoms with Crippen LogP contribution >= 0.6 is 15.9 Å². The third kappa shape index (κ3) is 3.46. The van der Waals surface area contributed by atoms with Crippen LogP contribution in [0.4, 0.5) is 10.1 Å². The molecule has 2 unspecified atom stereocenters. The molecular weight excluding hydrogens is 329 g/mol. The first-order chi connectivity index (χ1) is 10.2. The molecule has 1 saturated carbocycles. The highest BCUT2D eigenvalue weighted by Gasteiger charge is 2.26. The van der Waals surface area contributed by atoms with E-state index in [9.17, 15) is 4.39 Å². The van der Waals surface area contributed by atoms with Gasteiger partial charge < -0.3 is 5.32 Å². The zero-order chi connectivity index (χ0) is 14.7. The smallest absolute Gasteiger partial charge is 0.124 e. The summed E-state index contributed by atoms with van der Waals surface area (Å²) in [4.78, 5) is 0. The molecule has 1 nitrogen and oxygen atoms in total. The summed E-state index contributed by atoms with van der Waals surface area (Å²) in [6, 6.07) is 15.9. The van der Waals surface area contributed by atoms with E-state index in [-0.39, 0.29) is 5.82 Å². The van der Waals surface area contributed by atoms with Gasteiger partial charge in [0, 0.05) is 22.1 Å². The van der Waals surface area contributed by atoms with E-state index in [0.717, 1.165) is 16.6 Å². The molecule has 2 atom stereocenters. The Balaban J connectivity index is 1.81. The van der Waals surface area contributed by atoms with Crippen molar-refractivity contribution < 1.29 is 4.39 Å². The van der Waals surface area contributed by atoms with Crippen LogP contribution in [0, 0.1) is 5.82 Å². The summed E-state index contributed by atoms with van der Waals surface area (Å²) in [5, 5.41) is 3.61. The molecule has 3 heteroatoms. The van der Waals surface area contributed by atoms with E-state index in [0.29, 0.717) is 12.0 Å². The topological polar surface area (TPSA) is 12.0 Å². The van der Waals surface area contributed by atoms with Crippen molar-refractivity contribution in [1.29, 1.82) is 0 Å². The summed E-state index contributed by atoms with van der Waals surface area (Å²) in [5.41, 5.74) is 2.37. The van der Waals surface area contributed by atoms with E-state index in [4.69, 9.17) is 0 Å². The standard InChI is InChI=1S/C18H19BrFN/c19-16-12-14(20)10-11-18(16)21-17-9-5-4-8-15(17)13-6-2-1-3-7-13/h1-3,6-7,10-12,15,17,21H,4-5,8-9H2. The number of halogens is 2. The third-order valence-electron chi connectivity index (χ3n) is 4.27. The normalized spacial score (nSPS) is 22.0. The quantitative estimate of drug-likeness (QED) is 0.747. The van der Waals surface area contributed by atoms with Crippen molar-refractivity contribution in [3.63, 3.8) is 0 Å². The lowest BCUT2D eigenvalue weighted by atomic mass is 9.80. The van der Waals surface area contributed by atoms with E-state index < -0.39 is 0 Å². The number of rotatable bonds is 3. The molecule has 0 heterocycles. The monoisotopic (exact) mass is 347 g/mol. The lowest BCUT2D eigenvalue weighted by molar-refractivity contribution is 0.405. The largest absolute Gasteiger partial charge is 0.381 e. The van der Waals surface area contributed by atoms with Crippen molar-refractivity contribution in [2.75, 3.05) is 5.32 Å². The van der Waals surface area contributed by atoms with E-state index >= 15 is 0 Å². The van der Waals surface area contributed by atoms with Crippen LogP contribution < -0.4 is 5.32 Å². The van der Waals surface area contributed by atoms with Gasteiger partial charge in [0.1, 0.15) is 5.82 Å². The Morgan fingerprint density at radius 3 is 2.52 bits per heavy atom. The Labute approximate surface area is 133 Å². The lowest BCUT2D eigenvalue weighted by Gasteiger charge is -2.33. The second kappa shape index (κ2) is 6.61. The Morgan fingerprint density at radius 1 is 1.00 bits per heavy atom. The lowest BCUT2D eigenvalue weighted by Crippen LogP contribution is -2.30. The number of nitrogens with one attached hydrogen (secondary N) is 1. The molecule has 0 aliphatic heterocycles. The molecule has 0 spiro atoms. The summed E-state index contributed by atoms with van der Waals surface area (Å²) in [7, 11) is 0. The fraction of sp³-hybridized carbons (Fsp3) is 0.333. The molecule has 2 aromatic carbocycles. The van der Waals surface area contributed by atoms with Crippen molar-refractivity contribution in [2.24, 2.45) is 0 Å². The summed E-state index contributed by atoms with van der Waals surface area (Å²) >= 11 is 3.45. The number of benzene rings is 2. The molecule has 2 aromatic rings. The van der Waals surface area contributed by atoms with Gasteiger partial charge in [-0.3, -0.25) is 0 Å². The zero-order valence-corrected chi connectivity index (χ0v) is 13.4. The van der Waals surface area contributed by atoms with Crippen LogP contribution in [-0.2, 0) is 0 Å². The summed E-state index contributed by atoms with van der Waals surface area (Å²) in [5.74, 6) is 0.313. The predicted octanol–water partition coefficient (Wildman–Crippen LogP) is 5.73. The highest BCUT2D eigenvalue weighted by Crippen LogP contribution is 2.36. The van der Waals surface area contributed by atoms with Gasteiger partial charge in [-0.2, -0.15) is 0 Å². The van der Waals surface area contributed by atoms with Gasteiger partial charge >= 0.3 is 0 Å². The van der Waals surface area contributed by atoms with Gasteiger partial charge in [-0.15, -0.1) is 0 Å². The Morgan fingerprint density at radius 2 is 1.76 bits per heavy atom. The van der Waals surface area contributed by atoms with Gasteiger partial charge in [0.25, 0.3) is 0 Å². The summed E-state index contributed by atoms with van der Waals surface area (Å²) in [6.45, 7) is 0. The molecule has 110 valence electrons. The number of anilines is 1. The van der Waals surface area contributed by atoms with E-state index in [1.165, 1.54) is 37.0 Å². The second-order valence-electron chi connectivity index (χ2n) is 5.68. The maximum Gasteiger partial charge on any atom is 0.124 e. The molecule has 0 bridgehead atoms. The second-order valence-corrected chi connectivity index (χ2v) is 6.53. The molecule has 21 heavy (non-hydrogen) atoms. The fourth-order valence-electron chi connectivity index (χ4n) is 3.21. The SMILES string of the molecule is Fc1ccc(NC2CCCCC2c2ccccc2)c(Br)c1. The minimum atomic E-state index is -0.212. The number of hydrogen-bond acceptors (Lipinski definition) is 1. The minimum Gasteiger partial charge on any atom is -0.381 e. The Bertz CT molecular complexity index is 599. The molecule has 0 radical (unpaired) electrons. The summed E-state index contributed by atoms with van der Waals surface area (Å²) in [6.07, 6.45) is 4.89. The predicted molar refractivity (Wildman–Crippen MR) is 89.2 cm³/mol. The maximum absolute atomic E-state index is 13.2. The van der Waals surface area contributed by atoms with Gasteiger partial charge in [-0.1, -0.05) is 43.2 Å². The van der Waals surface area contributed by atoms with E-state index in [1.54, 1.807) is 0 Å². The summed E-state index contributed by atoms with van der Waals surface area (Å²) < 4.78 is 14.0. The van der Waals surface area contributed by atoms with Crippen LogP contribution in [0.1, 0.15) is 37.2 Å². The minimum absolute atomic E-state index is 0.212. The van der Waals surface area contributed by atoms with Gasteiger partial charge in [0.2, 0.25) is 0 Å². The van der Waals surface area contributed by atoms with Crippen LogP contribution in [0.15, 0.2) is 53.0 Å². The van der Waals surface area contributed by atoms with Gasteiger partial charge in [0.05, 0.1) is 0 Å². The molecule has 0 amide bonds. The van der Waals surface area contributed by atoms with Crippen LogP contribution in [0.2, 0.25) is 0 Å². The average Bonchev–Trinajstić information content (AvgIpc) is 2.51. The third-order valence-corrected chi connectivity index (χ3v) is 4.92. The number of hydrogen-bond donors (Lipinski definition) is 1. The zero-order valence-electron chi connectivity index (χ0n) is 11.9. The van der Waals surface area contributed by atoms with Gasteiger partial charge in [-0.05, 0) is 52.5 Å². The fourth-order valence-corrected chi connectivity index (χ4v) is 3.67. The maximum atomic E-state index is 13.2. The molecule has 0 saturated heterocycles. The van der Waals surface area contributed by atoms with Crippen molar-refractivity contribution >= 4 is 21.6 Å². The highest BCUT2D eigenvalue weighted by atomic mass is 79.9. The van der Waals surface area contributed by atoms with Crippen molar-refractivity contribution in [2.45, 2.75) is 37.6 Å². The molecule has 1 N–H and O–H groups in total. The van der Waals surface area contributed by atoms with Gasteiger partial charge in [0.15, 0.2) is 0 Å². The van der Waals surface area contributed by atoms with Crippen molar-refractivity contribution in [3.8, 4) is 0 Å². The molecule has 1 aliphatic carbocycles. The Hall–Kier alpha value is -1.35. The average molecular weight is 348 g/mol. The van der Waals surface area contributed by atoms with Crippen LogP contribution in [-0.4, -0.2) is 6.04 Å². The van der Waals surface area contributed by atoms with E-state index in [2.05, 4.69) is 51.6 Å². The molecule has 0 aromatic heterocycles. The molecule has 3 rings (SSSR count). The molecule has 1 fully saturated rings. The van der Waals surface area contributed by atoms with E-state index in [1.807, 2.05) is 6.07 Å². The molecular formula is C18H19BrFN.